The molecule has 1 aromatic rings. The van der Waals surface area contributed by atoms with Gasteiger partial charge in [-0.2, -0.15) is 0 Å². The summed E-state index contributed by atoms with van der Waals surface area (Å²) in [6.45, 7) is 0. The van der Waals surface area contributed by atoms with Gasteiger partial charge >= 0.3 is 11.7 Å². The quantitative estimate of drug-likeness (QED) is 0.487. The number of nitrogens with zero attached hydrogens (tertiary/aromatic N) is 1. The zero-order chi connectivity index (χ0) is 14.4. The Hall–Kier alpha value is -2.09. The summed E-state index contributed by atoms with van der Waals surface area (Å²) >= 11 is 5.84. The van der Waals surface area contributed by atoms with Crippen molar-refractivity contribution in [1.29, 1.82) is 0 Å². The number of hydrogen-bond donors (Lipinski definition) is 0. The summed E-state index contributed by atoms with van der Waals surface area (Å²) in [6.07, 6.45) is 9.73. The SMILES string of the molecule is COC(=O)CC1C=CC=CC1=[N+]=Cc1ccc(Cl)cc1. The molecule has 102 valence electrons. The molecule has 1 aliphatic carbocycles. The first kappa shape index (κ1) is 14.3. The molecule has 0 heterocycles. The molecule has 1 aromatic carbocycles. The van der Waals surface area contributed by atoms with Crippen LogP contribution in [0.3, 0.4) is 0 Å². The van der Waals surface area contributed by atoms with Gasteiger partial charge < -0.3 is 4.74 Å². The highest BCUT2D eigenvalue weighted by atomic mass is 35.5. The predicted octanol–water partition coefficient (Wildman–Crippen LogP) is 2.57. The van der Waals surface area contributed by atoms with Crippen LogP contribution in [0.15, 0.2) is 48.6 Å². The normalized spacial score (nSPS) is 16.7. The molecule has 0 saturated heterocycles. The fourth-order valence-electron chi connectivity index (χ4n) is 1.85. The molecular formula is C16H15ClNO2+. The van der Waals surface area contributed by atoms with Gasteiger partial charge in [-0.3, -0.25) is 4.79 Å². The van der Waals surface area contributed by atoms with Crippen molar-refractivity contribution in [2.45, 2.75) is 6.42 Å². The van der Waals surface area contributed by atoms with E-state index in [9.17, 15) is 4.79 Å². The topological polar surface area (TPSA) is 40.4 Å². The van der Waals surface area contributed by atoms with E-state index in [0.29, 0.717) is 11.4 Å². The number of hydrogen-bond acceptors (Lipinski definition) is 2. The van der Waals surface area contributed by atoms with E-state index in [4.69, 9.17) is 16.3 Å². The van der Waals surface area contributed by atoms with Crippen molar-refractivity contribution >= 4 is 29.5 Å². The van der Waals surface area contributed by atoms with E-state index >= 15 is 0 Å². The first-order valence-corrected chi connectivity index (χ1v) is 6.65. The second-order valence-electron chi connectivity index (χ2n) is 4.37. The molecule has 2 rings (SSSR count). The van der Waals surface area contributed by atoms with Gasteiger partial charge in [0.1, 0.15) is 0 Å². The van der Waals surface area contributed by atoms with Gasteiger partial charge in [-0.25, -0.2) is 0 Å². The summed E-state index contributed by atoms with van der Waals surface area (Å²) in [6, 6.07) is 7.42. The first-order chi connectivity index (χ1) is 9.69. The number of halogens is 1. The largest absolute Gasteiger partial charge is 0.469 e. The molecule has 1 aliphatic rings. The van der Waals surface area contributed by atoms with Gasteiger partial charge in [-0.1, -0.05) is 34.5 Å². The molecule has 0 amide bonds. The van der Waals surface area contributed by atoms with Gasteiger partial charge in [0, 0.05) is 11.1 Å². The van der Waals surface area contributed by atoms with Crippen LogP contribution in [0.4, 0.5) is 0 Å². The molecule has 20 heavy (non-hydrogen) atoms. The molecular weight excluding hydrogens is 274 g/mol. The van der Waals surface area contributed by atoms with Crippen LogP contribution in [-0.2, 0) is 9.53 Å². The van der Waals surface area contributed by atoms with Gasteiger partial charge in [0.25, 0.3) is 6.21 Å². The lowest BCUT2D eigenvalue weighted by molar-refractivity contribution is -0.140. The molecule has 3 nitrogen and oxygen atoms in total. The highest BCUT2D eigenvalue weighted by molar-refractivity contribution is 6.30. The molecule has 0 aromatic heterocycles. The highest BCUT2D eigenvalue weighted by Gasteiger charge is 2.24. The Labute approximate surface area is 123 Å². The molecule has 4 heteroatoms. The molecule has 0 N–H and O–H groups in total. The maximum Gasteiger partial charge on any atom is 0.311 e. The fraction of sp³-hybridized carbons (Fsp3) is 0.188. The first-order valence-electron chi connectivity index (χ1n) is 6.27. The summed E-state index contributed by atoms with van der Waals surface area (Å²) in [5.74, 6) is -0.287. The molecule has 0 bridgehead atoms. The summed E-state index contributed by atoms with van der Waals surface area (Å²) in [4.78, 5) is 11.4. The minimum atomic E-state index is -0.242. The lowest BCUT2D eigenvalue weighted by Crippen LogP contribution is -2.19. The Morgan fingerprint density at radius 2 is 2.10 bits per heavy atom. The molecule has 0 spiro atoms. The number of benzene rings is 1. The fourth-order valence-corrected chi connectivity index (χ4v) is 1.97. The number of esters is 1. The maximum absolute atomic E-state index is 11.4. The van der Waals surface area contributed by atoms with E-state index in [1.807, 2.05) is 48.6 Å². The third kappa shape index (κ3) is 3.95. The standard InChI is InChI=1S/C16H15ClNO2/c1-20-16(19)10-13-4-2-3-5-15(13)18-11-12-6-8-14(17)9-7-12/h2-9,11,13H,10H2,1H3/q+1. The van der Waals surface area contributed by atoms with Crippen molar-refractivity contribution in [2.75, 3.05) is 7.11 Å². The Morgan fingerprint density at radius 3 is 2.80 bits per heavy atom. The van der Waals surface area contributed by atoms with Crippen LogP contribution in [0.5, 0.6) is 0 Å². The van der Waals surface area contributed by atoms with Crippen molar-refractivity contribution in [3.63, 3.8) is 0 Å². The number of carbonyl (C=O) groups is 1. The molecule has 0 saturated carbocycles. The average Bonchev–Trinajstić information content (AvgIpc) is 2.48. The van der Waals surface area contributed by atoms with Crippen LogP contribution in [0, 0.1) is 5.92 Å². The van der Waals surface area contributed by atoms with Crippen molar-refractivity contribution < 1.29 is 9.53 Å². The Bertz CT molecular complexity index is 608. The van der Waals surface area contributed by atoms with Gasteiger partial charge in [0.2, 0.25) is 0 Å². The van der Waals surface area contributed by atoms with Crippen molar-refractivity contribution in [3.05, 3.63) is 59.2 Å². The van der Waals surface area contributed by atoms with Gasteiger partial charge in [0.15, 0.2) is 0 Å². The molecule has 0 radical (unpaired) electrons. The number of allylic oxidation sites excluding steroid dienone is 4. The van der Waals surface area contributed by atoms with Crippen LogP contribution in [0.25, 0.3) is 0 Å². The molecule has 0 fully saturated rings. The second-order valence-corrected chi connectivity index (χ2v) is 4.80. The number of methoxy groups -OCH3 is 1. The van der Waals surface area contributed by atoms with Gasteiger partial charge in [-0.15, -0.1) is 0 Å². The van der Waals surface area contributed by atoms with Crippen LogP contribution in [0.1, 0.15) is 12.0 Å². The molecule has 0 aliphatic heterocycles. The number of ether oxygens (including phenoxy) is 1. The molecule has 1 atom stereocenters. The van der Waals surface area contributed by atoms with Crippen molar-refractivity contribution in [3.8, 4) is 0 Å². The van der Waals surface area contributed by atoms with Crippen LogP contribution in [0.2, 0.25) is 5.02 Å². The smallest absolute Gasteiger partial charge is 0.311 e. The zero-order valence-corrected chi connectivity index (χ0v) is 11.9. The second kappa shape index (κ2) is 6.90. The number of rotatable bonds is 3. The summed E-state index contributed by atoms with van der Waals surface area (Å²) < 4.78 is 9.16. The maximum atomic E-state index is 11.4. The Kier molecular flexibility index (Phi) is 4.94. The van der Waals surface area contributed by atoms with E-state index in [1.165, 1.54) is 7.11 Å². The Balaban J connectivity index is 2.21. The monoisotopic (exact) mass is 288 g/mol. The highest BCUT2D eigenvalue weighted by Crippen LogP contribution is 2.12. The predicted molar refractivity (Wildman–Crippen MR) is 82.2 cm³/mol. The van der Waals surface area contributed by atoms with Crippen LogP contribution >= 0.6 is 11.6 Å². The Morgan fingerprint density at radius 1 is 1.35 bits per heavy atom. The van der Waals surface area contributed by atoms with Crippen LogP contribution in [-0.4, -0.2) is 25.0 Å². The minimum absolute atomic E-state index is 0.0454. The van der Waals surface area contributed by atoms with E-state index in [0.717, 1.165) is 11.3 Å². The minimum Gasteiger partial charge on any atom is -0.469 e. The van der Waals surface area contributed by atoms with Crippen molar-refractivity contribution in [2.24, 2.45) is 5.92 Å². The summed E-state index contributed by atoms with van der Waals surface area (Å²) in [5.41, 5.74) is 1.80. The van der Waals surface area contributed by atoms with Crippen LogP contribution < -0.4 is 4.67 Å². The average molecular weight is 289 g/mol. The van der Waals surface area contributed by atoms with E-state index in [1.54, 1.807) is 6.21 Å². The van der Waals surface area contributed by atoms with E-state index in [2.05, 4.69) is 4.67 Å². The van der Waals surface area contributed by atoms with E-state index < -0.39 is 0 Å². The number of carbonyl (C=O) groups excluding carboxylic acids is 1. The van der Waals surface area contributed by atoms with Gasteiger partial charge in [0.05, 0.1) is 25.0 Å². The third-order valence-corrected chi connectivity index (χ3v) is 3.20. The zero-order valence-electron chi connectivity index (χ0n) is 11.1. The lowest BCUT2D eigenvalue weighted by atomic mass is 9.95. The summed E-state index contributed by atoms with van der Waals surface area (Å²) in [7, 11) is 1.39. The summed E-state index contributed by atoms with van der Waals surface area (Å²) in [5, 5.41) is 0.693. The van der Waals surface area contributed by atoms with E-state index in [-0.39, 0.29) is 11.9 Å². The van der Waals surface area contributed by atoms with Crippen molar-refractivity contribution in [1.82, 2.24) is 4.67 Å². The molecule has 1 unspecified atom stereocenters. The van der Waals surface area contributed by atoms with Gasteiger partial charge in [-0.05, 0) is 24.3 Å². The lowest BCUT2D eigenvalue weighted by Gasteiger charge is -2.06. The third-order valence-electron chi connectivity index (χ3n) is 2.95.